The van der Waals surface area contributed by atoms with Crippen LogP contribution in [0.1, 0.15) is 32.1 Å². The Bertz CT molecular complexity index is 1730. The van der Waals surface area contributed by atoms with Crippen molar-refractivity contribution in [2.75, 3.05) is 28.0 Å². The molecule has 0 amide bonds. The van der Waals surface area contributed by atoms with Gasteiger partial charge in [0.15, 0.2) is 21.7 Å². The highest BCUT2D eigenvalue weighted by Crippen LogP contribution is 2.42. The molecule has 0 bridgehead atoms. The summed E-state index contributed by atoms with van der Waals surface area (Å²) in [6, 6.07) is 7.73. The summed E-state index contributed by atoms with van der Waals surface area (Å²) in [6.07, 6.45) is 6.83. The van der Waals surface area contributed by atoms with Gasteiger partial charge in [-0.2, -0.15) is 0 Å². The number of benzene rings is 2. The Kier molecular flexibility index (Phi) is 7.51. The van der Waals surface area contributed by atoms with Crippen molar-refractivity contribution < 1.29 is 21.6 Å². The van der Waals surface area contributed by atoms with Crippen molar-refractivity contribution in [3.05, 3.63) is 65.1 Å². The molecule has 1 saturated heterocycles. The van der Waals surface area contributed by atoms with Crippen LogP contribution in [0.15, 0.2) is 47.5 Å². The van der Waals surface area contributed by atoms with Crippen molar-refractivity contribution in [1.82, 2.24) is 15.0 Å². The van der Waals surface area contributed by atoms with Crippen LogP contribution in [0.2, 0.25) is 5.02 Å². The van der Waals surface area contributed by atoms with Crippen molar-refractivity contribution >= 4 is 49.7 Å². The molecule has 41 heavy (non-hydrogen) atoms. The molecule has 0 atom stereocenters. The molecule has 0 unspecified atom stereocenters. The van der Waals surface area contributed by atoms with Gasteiger partial charge < -0.3 is 10.2 Å². The van der Waals surface area contributed by atoms with Gasteiger partial charge in [-0.05, 0) is 62.4 Å². The van der Waals surface area contributed by atoms with Gasteiger partial charge in [0.2, 0.25) is 5.95 Å². The summed E-state index contributed by atoms with van der Waals surface area (Å²) >= 11 is 7.05. The van der Waals surface area contributed by atoms with E-state index in [0.717, 1.165) is 63.4 Å². The number of anilines is 3. The van der Waals surface area contributed by atoms with Gasteiger partial charge in [0, 0.05) is 30.9 Å². The van der Waals surface area contributed by atoms with Gasteiger partial charge in [-0.15, -0.1) is 0 Å². The molecule has 8 nitrogen and oxygen atoms in total. The molecule has 2 aromatic carbocycles. The lowest BCUT2D eigenvalue weighted by Crippen LogP contribution is -2.29. The Morgan fingerprint density at radius 1 is 0.976 bits per heavy atom. The Morgan fingerprint density at radius 2 is 1.76 bits per heavy atom. The second kappa shape index (κ2) is 11.1. The summed E-state index contributed by atoms with van der Waals surface area (Å²) < 4.78 is 72.9. The van der Waals surface area contributed by atoms with Crippen molar-refractivity contribution in [1.29, 1.82) is 0 Å². The number of aromatic nitrogens is 3. The number of halogens is 4. The molecule has 2 aromatic heterocycles. The maximum atomic E-state index is 16.1. The number of piperidine rings is 1. The van der Waals surface area contributed by atoms with Crippen LogP contribution in [0.3, 0.4) is 0 Å². The number of nitrogens with zero attached hydrogens (tertiary/aromatic N) is 4. The molecule has 2 aliphatic rings. The van der Waals surface area contributed by atoms with Crippen LogP contribution in [0.4, 0.5) is 29.9 Å². The molecule has 14 heteroatoms. The highest BCUT2D eigenvalue weighted by atomic mass is 35.5. The van der Waals surface area contributed by atoms with Gasteiger partial charge in [-0.25, -0.2) is 36.5 Å². The van der Waals surface area contributed by atoms with Gasteiger partial charge in [0.05, 0.1) is 27.0 Å². The first-order valence-electron chi connectivity index (χ1n) is 13.0. The standard InChI is InChI=1S/C27H24ClF3N6O2S2/c28-17-9-10-18(29)25(22(17)31)41(38,39)36-19-6-4-5-16(21(19)30)23-24(40-27(35-23)37-13-2-1-3-14-37)20-11-12-32-26(34-20)33-15-7-8-15/h4-6,9-12,15,36H,1-3,7-8,13-14H2,(H,32,33,34). The van der Waals surface area contributed by atoms with E-state index in [1.807, 2.05) is 4.72 Å². The zero-order valence-corrected chi connectivity index (χ0v) is 23.9. The molecule has 3 heterocycles. The fourth-order valence-electron chi connectivity index (χ4n) is 4.59. The van der Waals surface area contributed by atoms with Crippen molar-refractivity contribution in [3.8, 4) is 21.8 Å². The molecule has 1 aliphatic heterocycles. The van der Waals surface area contributed by atoms with E-state index in [1.165, 1.54) is 23.5 Å². The summed E-state index contributed by atoms with van der Waals surface area (Å²) in [5.74, 6) is -3.33. The summed E-state index contributed by atoms with van der Waals surface area (Å²) in [4.78, 5) is 15.2. The summed E-state index contributed by atoms with van der Waals surface area (Å²) in [5.41, 5.74) is 0.304. The van der Waals surface area contributed by atoms with Crippen molar-refractivity contribution in [3.63, 3.8) is 0 Å². The molecule has 6 rings (SSSR count). The molecule has 0 spiro atoms. The van der Waals surface area contributed by atoms with Crippen LogP contribution in [0.5, 0.6) is 0 Å². The number of rotatable bonds is 8. The summed E-state index contributed by atoms with van der Waals surface area (Å²) in [5, 5.41) is 3.37. The van der Waals surface area contributed by atoms with Crippen LogP contribution in [0, 0.1) is 17.5 Å². The quantitative estimate of drug-likeness (QED) is 0.211. The molecular formula is C27H24ClF3N6O2S2. The van der Waals surface area contributed by atoms with E-state index in [2.05, 4.69) is 20.2 Å². The van der Waals surface area contributed by atoms with Gasteiger partial charge in [0.1, 0.15) is 5.82 Å². The zero-order chi connectivity index (χ0) is 28.7. The predicted octanol–water partition coefficient (Wildman–Crippen LogP) is 6.70. The third-order valence-electron chi connectivity index (χ3n) is 6.81. The lowest BCUT2D eigenvalue weighted by molar-refractivity contribution is 0.521. The van der Waals surface area contributed by atoms with E-state index in [0.29, 0.717) is 27.7 Å². The average molecular weight is 621 g/mol. The first kappa shape index (κ1) is 27.7. The van der Waals surface area contributed by atoms with Crippen LogP contribution < -0.4 is 14.9 Å². The van der Waals surface area contributed by atoms with Gasteiger partial charge >= 0.3 is 0 Å². The van der Waals surface area contributed by atoms with Crippen LogP contribution >= 0.6 is 22.9 Å². The number of hydrogen-bond acceptors (Lipinski definition) is 8. The molecule has 2 fully saturated rings. The predicted molar refractivity (Wildman–Crippen MR) is 153 cm³/mol. The number of nitrogens with one attached hydrogen (secondary N) is 2. The summed E-state index contributed by atoms with van der Waals surface area (Å²) in [6.45, 7) is 1.62. The van der Waals surface area contributed by atoms with Crippen LogP contribution in [0.25, 0.3) is 21.8 Å². The topological polar surface area (TPSA) is 100 Å². The zero-order valence-electron chi connectivity index (χ0n) is 21.5. The number of hydrogen-bond donors (Lipinski definition) is 2. The van der Waals surface area contributed by atoms with Crippen LogP contribution in [-0.2, 0) is 10.0 Å². The van der Waals surface area contributed by atoms with E-state index >= 15 is 4.39 Å². The minimum Gasteiger partial charge on any atom is -0.351 e. The second-order valence-electron chi connectivity index (χ2n) is 9.85. The fraction of sp³-hybridized carbons (Fsp3) is 0.296. The van der Waals surface area contributed by atoms with Crippen molar-refractivity contribution in [2.24, 2.45) is 0 Å². The number of thiazole rings is 1. The average Bonchev–Trinajstić information content (AvgIpc) is 3.66. The largest absolute Gasteiger partial charge is 0.351 e. The van der Waals surface area contributed by atoms with E-state index in [-0.39, 0.29) is 11.3 Å². The number of sulfonamides is 1. The highest BCUT2D eigenvalue weighted by molar-refractivity contribution is 7.92. The molecule has 4 aromatic rings. The Hall–Kier alpha value is -3.42. The molecule has 0 radical (unpaired) electrons. The van der Waals surface area contributed by atoms with Gasteiger partial charge in [0.25, 0.3) is 10.0 Å². The molecule has 1 aliphatic carbocycles. The Labute approximate surface area is 243 Å². The van der Waals surface area contributed by atoms with E-state index in [4.69, 9.17) is 16.6 Å². The third-order valence-corrected chi connectivity index (χ3v) is 9.64. The molecule has 1 saturated carbocycles. The maximum Gasteiger partial charge on any atom is 0.267 e. The third kappa shape index (κ3) is 5.70. The fourth-order valence-corrected chi connectivity index (χ4v) is 7.13. The summed E-state index contributed by atoms with van der Waals surface area (Å²) in [7, 11) is -4.88. The molecular weight excluding hydrogens is 597 g/mol. The minimum atomic E-state index is -4.88. The first-order valence-corrected chi connectivity index (χ1v) is 15.7. The SMILES string of the molecule is O=S(=O)(Nc1cccc(-c2nc(N3CCCCC3)sc2-c2ccnc(NC3CC3)n2)c1F)c1c(F)ccc(Cl)c1F. The van der Waals surface area contributed by atoms with Crippen molar-refractivity contribution in [2.45, 2.75) is 43.0 Å². The second-order valence-corrected chi connectivity index (χ2v) is 12.9. The van der Waals surface area contributed by atoms with Gasteiger partial charge in [-0.3, -0.25) is 4.72 Å². The highest BCUT2D eigenvalue weighted by Gasteiger charge is 2.29. The minimum absolute atomic E-state index is 0.00191. The smallest absolute Gasteiger partial charge is 0.267 e. The lowest BCUT2D eigenvalue weighted by Gasteiger charge is -2.25. The lowest BCUT2D eigenvalue weighted by atomic mass is 10.1. The normalized spacial score (nSPS) is 15.7. The van der Waals surface area contributed by atoms with Gasteiger partial charge in [-0.1, -0.05) is 29.0 Å². The van der Waals surface area contributed by atoms with E-state index in [9.17, 15) is 17.2 Å². The van der Waals surface area contributed by atoms with E-state index in [1.54, 1.807) is 12.3 Å². The first-order chi connectivity index (χ1) is 19.7. The Balaban J connectivity index is 1.42. The van der Waals surface area contributed by atoms with Crippen LogP contribution in [-0.4, -0.2) is 42.5 Å². The monoisotopic (exact) mass is 620 g/mol. The molecule has 2 N–H and O–H groups in total. The maximum absolute atomic E-state index is 16.1. The van der Waals surface area contributed by atoms with E-state index < -0.39 is 43.1 Å². The Morgan fingerprint density at radius 3 is 2.51 bits per heavy atom. The molecule has 214 valence electrons.